The van der Waals surface area contributed by atoms with Crippen LogP contribution in [-0.4, -0.2) is 25.7 Å². The van der Waals surface area contributed by atoms with Crippen LogP contribution in [0.25, 0.3) is 4.96 Å². The maximum atomic E-state index is 11.1. The largest absolute Gasteiger partial charge is 0.476 e. The number of aryl methyl sites for hydroxylation is 1. The molecular formula is C11H15N3O2S. The third-order valence-electron chi connectivity index (χ3n) is 2.93. The van der Waals surface area contributed by atoms with Gasteiger partial charge in [-0.1, -0.05) is 25.2 Å². The Labute approximate surface area is 103 Å². The lowest BCUT2D eigenvalue weighted by Crippen LogP contribution is -2.05. The molecule has 2 aromatic heterocycles. The highest BCUT2D eigenvalue weighted by molar-refractivity contribution is 7.16. The first-order valence-electron chi connectivity index (χ1n) is 5.67. The van der Waals surface area contributed by atoms with Crippen molar-refractivity contribution in [1.29, 1.82) is 0 Å². The lowest BCUT2D eigenvalue weighted by atomic mass is 10.1. The molecule has 0 amide bonds. The average molecular weight is 253 g/mol. The van der Waals surface area contributed by atoms with Crippen LogP contribution in [0, 0.1) is 6.92 Å². The second kappa shape index (κ2) is 4.44. The summed E-state index contributed by atoms with van der Waals surface area (Å²) < 4.78 is 1.45. The number of imidazole rings is 1. The third-order valence-corrected chi connectivity index (χ3v) is 4.00. The highest BCUT2D eigenvalue weighted by Crippen LogP contribution is 2.28. The number of nitrogens with zero attached hydrogens (tertiary/aromatic N) is 3. The molecule has 2 aromatic rings. The van der Waals surface area contributed by atoms with Crippen molar-refractivity contribution in [1.82, 2.24) is 14.6 Å². The number of carboxylic acid groups (broad SMARTS) is 1. The molecule has 0 saturated heterocycles. The maximum absolute atomic E-state index is 11.1. The van der Waals surface area contributed by atoms with Gasteiger partial charge in [-0.15, -0.1) is 0 Å². The Hall–Kier alpha value is -1.43. The first-order chi connectivity index (χ1) is 8.08. The summed E-state index contributed by atoms with van der Waals surface area (Å²) in [6, 6.07) is 0. The Morgan fingerprint density at radius 3 is 2.65 bits per heavy atom. The molecule has 0 aromatic carbocycles. The number of hydrogen-bond acceptors (Lipinski definition) is 4. The molecule has 92 valence electrons. The van der Waals surface area contributed by atoms with Gasteiger partial charge in [-0.25, -0.2) is 9.78 Å². The maximum Gasteiger partial charge on any atom is 0.356 e. The molecule has 0 aliphatic rings. The molecule has 17 heavy (non-hydrogen) atoms. The van der Waals surface area contributed by atoms with E-state index in [1.165, 1.54) is 15.9 Å². The summed E-state index contributed by atoms with van der Waals surface area (Å²) >= 11 is 1.48. The van der Waals surface area contributed by atoms with E-state index in [-0.39, 0.29) is 5.69 Å². The van der Waals surface area contributed by atoms with E-state index in [1.54, 1.807) is 6.92 Å². The molecule has 0 spiro atoms. The van der Waals surface area contributed by atoms with E-state index in [4.69, 9.17) is 5.11 Å². The van der Waals surface area contributed by atoms with Gasteiger partial charge < -0.3 is 5.11 Å². The van der Waals surface area contributed by atoms with E-state index in [9.17, 15) is 4.79 Å². The zero-order chi connectivity index (χ0) is 12.6. The predicted octanol–water partition coefficient (Wildman–Crippen LogP) is 2.70. The smallest absolute Gasteiger partial charge is 0.356 e. The Morgan fingerprint density at radius 1 is 1.47 bits per heavy atom. The van der Waals surface area contributed by atoms with Crippen molar-refractivity contribution in [3.8, 4) is 0 Å². The standard InChI is InChI=1S/C11H15N3O2S/c1-4-7(5-2)9-13-14-8(10(15)16)6(3)12-11(14)17-9/h7H,4-5H2,1-3H3,(H,15,16). The SMILES string of the molecule is CCC(CC)c1nn2c(C(=O)O)c(C)nc2s1. The Balaban J connectivity index is 2.55. The van der Waals surface area contributed by atoms with Crippen LogP contribution in [0.5, 0.6) is 0 Å². The number of rotatable bonds is 4. The van der Waals surface area contributed by atoms with Crippen molar-refractivity contribution < 1.29 is 9.90 Å². The number of hydrogen-bond donors (Lipinski definition) is 1. The molecule has 0 atom stereocenters. The number of aromatic nitrogens is 3. The van der Waals surface area contributed by atoms with Crippen LogP contribution in [0.1, 0.15) is 53.8 Å². The van der Waals surface area contributed by atoms with Crippen LogP contribution in [0.3, 0.4) is 0 Å². The average Bonchev–Trinajstić information content (AvgIpc) is 2.75. The molecule has 0 fully saturated rings. The number of fused-ring (bicyclic) bond motifs is 1. The monoisotopic (exact) mass is 253 g/mol. The molecule has 6 heteroatoms. The number of carboxylic acids is 1. The molecule has 0 aliphatic heterocycles. The van der Waals surface area contributed by atoms with Gasteiger partial charge in [0.15, 0.2) is 5.69 Å². The van der Waals surface area contributed by atoms with Crippen LogP contribution >= 0.6 is 11.3 Å². The van der Waals surface area contributed by atoms with Crippen molar-refractivity contribution >= 4 is 22.3 Å². The van der Waals surface area contributed by atoms with Gasteiger partial charge in [-0.3, -0.25) is 0 Å². The van der Waals surface area contributed by atoms with Gasteiger partial charge >= 0.3 is 5.97 Å². The van der Waals surface area contributed by atoms with Crippen LogP contribution in [-0.2, 0) is 0 Å². The lowest BCUT2D eigenvalue weighted by molar-refractivity contribution is 0.0687. The van der Waals surface area contributed by atoms with E-state index in [0.717, 1.165) is 17.8 Å². The molecule has 0 aliphatic carbocycles. The van der Waals surface area contributed by atoms with Gasteiger partial charge in [-0.05, 0) is 19.8 Å². The molecule has 1 N–H and O–H groups in total. The molecule has 0 bridgehead atoms. The van der Waals surface area contributed by atoms with Crippen LogP contribution in [0.15, 0.2) is 0 Å². The van der Waals surface area contributed by atoms with Crippen molar-refractivity contribution in [3.05, 3.63) is 16.4 Å². The van der Waals surface area contributed by atoms with Crippen LogP contribution in [0.4, 0.5) is 0 Å². The van der Waals surface area contributed by atoms with Crippen molar-refractivity contribution in [2.45, 2.75) is 39.5 Å². The molecule has 5 nitrogen and oxygen atoms in total. The normalized spacial score (nSPS) is 11.5. The molecular weight excluding hydrogens is 238 g/mol. The minimum Gasteiger partial charge on any atom is -0.476 e. The highest BCUT2D eigenvalue weighted by atomic mass is 32.1. The topological polar surface area (TPSA) is 67.5 Å². The Morgan fingerprint density at radius 2 is 2.12 bits per heavy atom. The van der Waals surface area contributed by atoms with E-state index in [0.29, 0.717) is 16.6 Å². The van der Waals surface area contributed by atoms with Crippen LogP contribution < -0.4 is 0 Å². The summed E-state index contributed by atoms with van der Waals surface area (Å²) in [5, 5.41) is 14.5. The van der Waals surface area contributed by atoms with E-state index in [1.807, 2.05) is 0 Å². The van der Waals surface area contributed by atoms with Crippen molar-refractivity contribution in [3.63, 3.8) is 0 Å². The van der Waals surface area contributed by atoms with Gasteiger partial charge in [0.05, 0.1) is 5.69 Å². The lowest BCUT2D eigenvalue weighted by Gasteiger charge is -2.06. The Bertz CT molecular complexity index is 554. The summed E-state index contributed by atoms with van der Waals surface area (Å²) in [6.07, 6.45) is 2.02. The summed E-state index contributed by atoms with van der Waals surface area (Å²) in [4.78, 5) is 16.0. The van der Waals surface area contributed by atoms with Crippen LogP contribution in [0.2, 0.25) is 0 Å². The molecule has 0 saturated carbocycles. The predicted molar refractivity (Wildman–Crippen MR) is 65.9 cm³/mol. The quantitative estimate of drug-likeness (QED) is 0.909. The summed E-state index contributed by atoms with van der Waals surface area (Å²) in [6.45, 7) is 5.92. The molecule has 0 radical (unpaired) electrons. The number of aromatic carboxylic acids is 1. The minimum absolute atomic E-state index is 0.174. The first kappa shape index (κ1) is 12.0. The fourth-order valence-corrected chi connectivity index (χ4v) is 3.12. The fourth-order valence-electron chi connectivity index (χ4n) is 1.91. The zero-order valence-electron chi connectivity index (χ0n) is 10.1. The van der Waals surface area contributed by atoms with E-state index in [2.05, 4.69) is 23.9 Å². The third kappa shape index (κ3) is 1.93. The highest BCUT2D eigenvalue weighted by Gasteiger charge is 2.21. The van der Waals surface area contributed by atoms with Gasteiger partial charge in [-0.2, -0.15) is 9.61 Å². The van der Waals surface area contributed by atoms with Gasteiger partial charge in [0.2, 0.25) is 4.96 Å². The summed E-state index contributed by atoms with van der Waals surface area (Å²) in [7, 11) is 0. The first-order valence-corrected chi connectivity index (χ1v) is 6.49. The molecule has 2 rings (SSSR count). The van der Waals surface area contributed by atoms with Gasteiger partial charge in [0.1, 0.15) is 5.01 Å². The number of carbonyl (C=O) groups is 1. The van der Waals surface area contributed by atoms with Crippen molar-refractivity contribution in [2.75, 3.05) is 0 Å². The zero-order valence-corrected chi connectivity index (χ0v) is 10.9. The molecule has 0 unspecified atom stereocenters. The molecule has 2 heterocycles. The van der Waals surface area contributed by atoms with Gasteiger partial charge in [0, 0.05) is 5.92 Å². The van der Waals surface area contributed by atoms with Crippen molar-refractivity contribution in [2.24, 2.45) is 0 Å². The second-order valence-electron chi connectivity index (χ2n) is 4.00. The summed E-state index contributed by atoms with van der Waals surface area (Å²) in [5.41, 5.74) is 0.695. The van der Waals surface area contributed by atoms with Gasteiger partial charge in [0.25, 0.3) is 0 Å². The minimum atomic E-state index is -0.976. The fraction of sp³-hybridized carbons (Fsp3) is 0.545. The van der Waals surface area contributed by atoms with E-state index < -0.39 is 5.97 Å². The van der Waals surface area contributed by atoms with E-state index >= 15 is 0 Å². The Kier molecular flexibility index (Phi) is 3.15. The summed E-state index contributed by atoms with van der Waals surface area (Å²) in [5.74, 6) is -0.583. The second-order valence-corrected chi connectivity index (χ2v) is 4.99.